The van der Waals surface area contributed by atoms with Gasteiger partial charge in [0.2, 0.25) is 0 Å². The van der Waals surface area contributed by atoms with E-state index in [1.807, 2.05) is 0 Å². The zero-order valence-corrected chi connectivity index (χ0v) is 11.7. The van der Waals surface area contributed by atoms with Crippen molar-refractivity contribution in [2.45, 2.75) is 6.10 Å². The minimum Gasteiger partial charge on any atom is -0.387 e. The van der Waals surface area contributed by atoms with E-state index in [-0.39, 0.29) is 0 Å². The lowest BCUT2D eigenvalue weighted by Crippen LogP contribution is -2.53. The second-order valence-corrected chi connectivity index (χ2v) is 4.85. The highest BCUT2D eigenvalue weighted by Crippen LogP contribution is 2.22. The third kappa shape index (κ3) is 2.81. The van der Waals surface area contributed by atoms with Crippen LogP contribution >= 0.6 is 0 Å². The van der Waals surface area contributed by atoms with Crippen molar-refractivity contribution in [3.63, 3.8) is 0 Å². The Balaban J connectivity index is 2.23. The first-order valence-electron chi connectivity index (χ1n) is 6.54. The first kappa shape index (κ1) is 14.5. The number of rotatable bonds is 4. The smallest absolute Gasteiger partial charge is 0.316 e. The Morgan fingerprint density at radius 1 is 1.30 bits per heavy atom. The summed E-state index contributed by atoms with van der Waals surface area (Å²) in [4.78, 5) is 26.6. The minimum atomic E-state index is -0.641. The molecule has 1 unspecified atom stereocenters. The number of likely N-dealkylation sites (N-methyl/N-ethyl adjacent to an activating group) is 2. The molecule has 1 aliphatic rings. The molecule has 1 saturated heterocycles. The van der Waals surface area contributed by atoms with Crippen molar-refractivity contribution < 1.29 is 14.7 Å². The second kappa shape index (κ2) is 6.02. The number of amides is 2. The highest BCUT2D eigenvalue weighted by Gasteiger charge is 2.31. The van der Waals surface area contributed by atoms with Gasteiger partial charge in [-0.05, 0) is 24.7 Å². The van der Waals surface area contributed by atoms with Gasteiger partial charge in [-0.3, -0.25) is 9.59 Å². The van der Waals surface area contributed by atoms with Crippen molar-refractivity contribution in [2.75, 3.05) is 38.6 Å². The number of hydrogen-bond donors (Lipinski definition) is 2. The predicted molar refractivity (Wildman–Crippen MR) is 75.3 cm³/mol. The largest absolute Gasteiger partial charge is 0.387 e. The van der Waals surface area contributed by atoms with Crippen molar-refractivity contribution >= 4 is 17.5 Å². The highest BCUT2D eigenvalue weighted by molar-refractivity contribution is 6.40. The van der Waals surface area contributed by atoms with E-state index in [0.717, 1.165) is 5.56 Å². The van der Waals surface area contributed by atoms with Crippen LogP contribution in [0.3, 0.4) is 0 Å². The van der Waals surface area contributed by atoms with Crippen LogP contribution < -0.4 is 10.2 Å². The summed E-state index contributed by atoms with van der Waals surface area (Å²) in [7, 11) is 3.38. The van der Waals surface area contributed by atoms with Crippen LogP contribution in [0.25, 0.3) is 0 Å². The lowest BCUT2D eigenvalue weighted by atomic mass is 10.1. The Hall–Kier alpha value is -1.92. The van der Waals surface area contributed by atoms with Crippen LogP contribution in [0.1, 0.15) is 11.7 Å². The second-order valence-electron chi connectivity index (χ2n) is 4.85. The van der Waals surface area contributed by atoms with Crippen molar-refractivity contribution in [3.8, 4) is 0 Å². The Labute approximate surface area is 118 Å². The standard InChI is InChI=1S/C14H19N3O3/c1-15-9-12(18)10-4-3-5-11(8-10)17-7-6-16(2)13(19)14(17)20/h3-5,8,12,15,18H,6-7,9H2,1-2H3. The third-order valence-electron chi connectivity index (χ3n) is 3.40. The molecule has 0 bridgehead atoms. The van der Waals surface area contributed by atoms with Crippen LogP contribution in [-0.4, -0.2) is 55.6 Å². The van der Waals surface area contributed by atoms with E-state index in [4.69, 9.17) is 0 Å². The molecule has 6 nitrogen and oxygen atoms in total. The van der Waals surface area contributed by atoms with E-state index in [0.29, 0.717) is 25.3 Å². The maximum atomic E-state index is 12.0. The number of anilines is 1. The number of carbonyl (C=O) groups is 2. The Kier molecular flexibility index (Phi) is 4.36. The average Bonchev–Trinajstić information content (AvgIpc) is 2.45. The number of aliphatic hydroxyl groups excluding tert-OH is 1. The average molecular weight is 277 g/mol. The summed E-state index contributed by atoms with van der Waals surface area (Å²) < 4.78 is 0. The number of benzene rings is 1. The molecule has 2 N–H and O–H groups in total. The molecule has 0 radical (unpaired) electrons. The molecular weight excluding hydrogens is 258 g/mol. The summed E-state index contributed by atoms with van der Waals surface area (Å²) in [6.07, 6.45) is -0.641. The van der Waals surface area contributed by atoms with E-state index < -0.39 is 17.9 Å². The molecule has 0 spiro atoms. The highest BCUT2D eigenvalue weighted by atomic mass is 16.3. The van der Waals surface area contributed by atoms with Crippen molar-refractivity contribution in [1.29, 1.82) is 0 Å². The quantitative estimate of drug-likeness (QED) is 0.744. The summed E-state index contributed by atoms with van der Waals surface area (Å²) in [5, 5.41) is 12.9. The molecule has 108 valence electrons. The van der Waals surface area contributed by atoms with E-state index in [1.165, 1.54) is 9.80 Å². The van der Waals surface area contributed by atoms with Gasteiger partial charge in [-0.25, -0.2) is 0 Å². The molecule has 1 atom stereocenters. The van der Waals surface area contributed by atoms with Gasteiger partial charge in [-0.2, -0.15) is 0 Å². The molecule has 6 heteroatoms. The number of carbonyl (C=O) groups excluding carboxylic acids is 2. The molecule has 2 rings (SSSR count). The predicted octanol–water partition coefficient (Wildman–Crippen LogP) is -0.256. The molecule has 2 amide bonds. The first-order valence-corrected chi connectivity index (χ1v) is 6.54. The van der Waals surface area contributed by atoms with E-state index in [2.05, 4.69) is 5.32 Å². The summed E-state index contributed by atoms with van der Waals surface area (Å²) >= 11 is 0. The first-order chi connectivity index (χ1) is 9.54. The number of hydrogen-bond acceptors (Lipinski definition) is 4. The van der Waals surface area contributed by atoms with Gasteiger partial charge in [0.1, 0.15) is 0 Å². The fourth-order valence-electron chi connectivity index (χ4n) is 2.19. The molecular formula is C14H19N3O3. The summed E-state index contributed by atoms with van der Waals surface area (Å²) in [5.41, 5.74) is 1.36. The Morgan fingerprint density at radius 3 is 2.75 bits per heavy atom. The molecule has 0 aliphatic carbocycles. The summed E-state index contributed by atoms with van der Waals surface area (Å²) in [5.74, 6) is -1.03. The SMILES string of the molecule is CNCC(O)c1cccc(N2CCN(C)C(=O)C2=O)c1. The van der Waals surface area contributed by atoms with Crippen LogP contribution in [0, 0.1) is 0 Å². The van der Waals surface area contributed by atoms with Gasteiger partial charge in [-0.15, -0.1) is 0 Å². The normalized spacial score (nSPS) is 17.6. The van der Waals surface area contributed by atoms with Crippen LogP contribution in [0.2, 0.25) is 0 Å². The molecule has 1 aliphatic heterocycles. The summed E-state index contributed by atoms with van der Waals surface area (Å²) in [6.45, 7) is 1.40. The zero-order chi connectivity index (χ0) is 14.7. The van der Waals surface area contributed by atoms with Crippen LogP contribution in [0.15, 0.2) is 24.3 Å². The van der Waals surface area contributed by atoms with Gasteiger partial charge >= 0.3 is 11.8 Å². The van der Waals surface area contributed by atoms with E-state index in [9.17, 15) is 14.7 Å². The lowest BCUT2D eigenvalue weighted by molar-refractivity contribution is -0.145. The van der Waals surface area contributed by atoms with Crippen molar-refractivity contribution in [2.24, 2.45) is 0 Å². The fraction of sp³-hybridized carbons (Fsp3) is 0.429. The maximum absolute atomic E-state index is 12.0. The summed E-state index contributed by atoms with van der Waals surface area (Å²) in [6, 6.07) is 7.10. The Morgan fingerprint density at radius 2 is 2.05 bits per heavy atom. The fourth-order valence-corrected chi connectivity index (χ4v) is 2.19. The number of nitrogens with one attached hydrogen (secondary N) is 1. The molecule has 1 fully saturated rings. The van der Waals surface area contributed by atoms with E-state index >= 15 is 0 Å². The number of piperazine rings is 1. The topological polar surface area (TPSA) is 72.9 Å². The molecule has 20 heavy (non-hydrogen) atoms. The molecule has 1 aromatic carbocycles. The van der Waals surface area contributed by atoms with Gasteiger partial charge < -0.3 is 20.2 Å². The maximum Gasteiger partial charge on any atom is 0.316 e. The molecule has 0 aromatic heterocycles. The molecule has 0 saturated carbocycles. The third-order valence-corrected chi connectivity index (χ3v) is 3.40. The van der Waals surface area contributed by atoms with Gasteiger partial charge in [0.25, 0.3) is 0 Å². The number of nitrogens with zero attached hydrogens (tertiary/aromatic N) is 2. The molecule has 1 aromatic rings. The zero-order valence-electron chi connectivity index (χ0n) is 11.7. The van der Waals surface area contributed by atoms with Gasteiger partial charge in [0.15, 0.2) is 0 Å². The van der Waals surface area contributed by atoms with Crippen LogP contribution in [-0.2, 0) is 9.59 Å². The van der Waals surface area contributed by atoms with Gasteiger partial charge in [-0.1, -0.05) is 12.1 Å². The van der Waals surface area contributed by atoms with Crippen LogP contribution in [0.4, 0.5) is 5.69 Å². The lowest BCUT2D eigenvalue weighted by Gasteiger charge is -2.31. The Bertz CT molecular complexity index is 518. The van der Waals surface area contributed by atoms with Crippen molar-refractivity contribution in [3.05, 3.63) is 29.8 Å². The molecule has 1 heterocycles. The van der Waals surface area contributed by atoms with Gasteiger partial charge in [0.05, 0.1) is 6.10 Å². The monoisotopic (exact) mass is 277 g/mol. The van der Waals surface area contributed by atoms with E-state index in [1.54, 1.807) is 38.4 Å². The van der Waals surface area contributed by atoms with Crippen molar-refractivity contribution in [1.82, 2.24) is 10.2 Å². The van der Waals surface area contributed by atoms with Gasteiger partial charge in [0, 0.05) is 32.4 Å². The number of aliphatic hydroxyl groups is 1. The van der Waals surface area contributed by atoms with Crippen LogP contribution in [0.5, 0.6) is 0 Å². The minimum absolute atomic E-state index is 0.430.